The molecule has 4 heterocycles. The van der Waals surface area contributed by atoms with E-state index in [0.29, 0.717) is 0 Å². The summed E-state index contributed by atoms with van der Waals surface area (Å²) in [5.41, 5.74) is 1.20. The van der Waals surface area contributed by atoms with Crippen LogP contribution < -0.4 is 14.7 Å². The number of piperazine rings is 1. The summed E-state index contributed by atoms with van der Waals surface area (Å²) >= 11 is 3.49. The summed E-state index contributed by atoms with van der Waals surface area (Å²) in [5, 5.41) is 0. The van der Waals surface area contributed by atoms with Crippen molar-refractivity contribution in [2.24, 2.45) is 0 Å². The Kier molecular flexibility index (Phi) is 5.45. The van der Waals surface area contributed by atoms with Gasteiger partial charge in [0, 0.05) is 56.0 Å². The first-order chi connectivity index (χ1) is 13.1. The second kappa shape index (κ2) is 7.98. The van der Waals surface area contributed by atoms with Gasteiger partial charge in [0.25, 0.3) is 0 Å². The Morgan fingerprint density at radius 2 is 1.44 bits per heavy atom. The van der Waals surface area contributed by atoms with E-state index in [1.54, 1.807) is 0 Å². The van der Waals surface area contributed by atoms with Gasteiger partial charge in [0.2, 0.25) is 0 Å². The Balaban J connectivity index is 1.47. The average Bonchev–Trinajstić information content (AvgIpc) is 2.68. The van der Waals surface area contributed by atoms with E-state index in [2.05, 4.69) is 59.7 Å². The Morgan fingerprint density at radius 1 is 0.852 bits per heavy atom. The molecule has 0 spiro atoms. The predicted octanol–water partition coefficient (Wildman–Crippen LogP) is 2.41. The number of pyridine rings is 1. The van der Waals surface area contributed by atoms with Crippen molar-refractivity contribution in [2.75, 3.05) is 67.2 Å². The van der Waals surface area contributed by atoms with Gasteiger partial charge in [0.1, 0.15) is 23.3 Å². The molecule has 0 atom stereocenters. The highest BCUT2D eigenvalue weighted by molar-refractivity contribution is 9.10. The van der Waals surface area contributed by atoms with Gasteiger partial charge in [0.15, 0.2) is 0 Å². The first-order valence-corrected chi connectivity index (χ1v) is 10.2. The lowest BCUT2D eigenvalue weighted by Crippen LogP contribution is -2.47. The third-order valence-corrected chi connectivity index (χ3v) is 5.50. The van der Waals surface area contributed by atoms with Crippen LogP contribution in [0.25, 0.3) is 0 Å². The van der Waals surface area contributed by atoms with Crippen LogP contribution in [0.1, 0.15) is 11.4 Å². The zero-order valence-electron chi connectivity index (χ0n) is 15.9. The maximum Gasteiger partial charge on any atom is 0.134 e. The van der Waals surface area contributed by atoms with Crippen molar-refractivity contribution >= 4 is 33.4 Å². The van der Waals surface area contributed by atoms with E-state index < -0.39 is 0 Å². The van der Waals surface area contributed by atoms with Gasteiger partial charge >= 0.3 is 0 Å². The van der Waals surface area contributed by atoms with E-state index in [4.69, 9.17) is 9.72 Å². The lowest BCUT2D eigenvalue weighted by atomic mass is 10.2. The summed E-state index contributed by atoms with van der Waals surface area (Å²) in [4.78, 5) is 20.9. The molecule has 0 aliphatic carbocycles. The molecule has 0 unspecified atom stereocenters. The third kappa shape index (κ3) is 4.16. The molecule has 0 N–H and O–H groups in total. The number of morpholine rings is 1. The molecule has 144 valence electrons. The molecule has 8 heteroatoms. The predicted molar refractivity (Wildman–Crippen MR) is 111 cm³/mol. The molecule has 0 saturated carbocycles. The molecule has 0 bridgehead atoms. The topological polar surface area (TPSA) is 57.6 Å². The van der Waals surface area contributed by atoms with E-state index in [1.165, 1.54) is 5.56 Å². The second-order valence-electron chi connectivity index (χ2n) is 7.00. The van der Waals surface area contributed by atoms with Crippen LogP contribution >= 0.6 is 15.9 Å². The van der Waals surface area contributed by atoms with Gasteiger partial charge in [-0.1, -0.05) is 0 Å². The van der Waals surface area contributed by atoms with Crippen molar-refractivity contribution in [2.45, 2.75) is 13.8 Å². The van der Waals surface area contributed by atoms with Gasteiger partial charge in [-0.25, -0.2) is 15.0 Å². The Morgan fingerprint density at radius 3 is 2.07 bits per heavy atom. The van der Waals surface area contributed by atoms with Gasteiger partial charge < -0.3 is 19.4 Å². The van der Waals surface area contributed by atoms with Crippen LogP contribution in [0.5, 0.6) is 0 Å². The fourth-order valence-electron chi connectivity index (χ4n) is 3.66. The summed E-state index contributed by atoms with van der Waals surface area (Å²) in [7, 11) is 0. The SMILES string of the molecule is Cc1nc(N2CCOCC2)cc(N2CCN(c3ncc(Br)cc3C)CC2)n1. The fraction of sp³-hybridized carbons (Fsp3) is 0.526. The largest absolute Gasteiger partial charge is 0.378 e. The number of anilines is 3. The van der Waals surface area contributed by atoms with Crippen molar-refractivity contribution in [3.05, 3.63) is 34.2 Å². The summed E-state index contributed by atoms with van der Waals surface area (Å²) in [6.07, 6.45) is 1.87. The minimum Gasteiger partial charge on any atom is -0.378 e. The molecule has 2 saturated heterocycles. The van der Waals surface area contributed by atoms with E-state index in [0.717, 1.165) is 80.2 Å². The number of aromatic nitrogens is 3. The van der Waals surface area contributed by atoms with E-state index in [-0.39, 0.29) is 0 Å². The second-order valence-corrected chi connectivity index (χ2v) is 7.91. The Bertz CT molecular complexity index is 803. The van der Waals surface area contributed by atoms with Gasteiger partial charge in [-0.3, -0.25) is 0 Å². The Labute approximate surface area is 168 Å². The van der Waals surface area contributed by atoms with E-state index in [9.17, 15) is 0 Å². The van der Waals surface area contributed by atoms with Gasteiger partial charge in [0.05, 0.1) is 13.2 Å². The van der Waals surface area contributed by atoms with Crippen molar-refractivity contribution in [1.29, 1.82) is 0 Å². The number of hydrogen-bond donors (Lipinski definition) is 0. The summed E-state index contributed by atoms with van der Waals surface area (Å²) < 4.78 is 6.48. The molecule has 27 heavy (non-hydrogen) atoms. The zero-order valence-corrected chi connectivity index (χ0v) is 17.4. The normalized spacial score (nSPS) is 18.1. The highest BCUT2D eigenvalue weighted by Crippen LogP contribution is 2.25. The monoisotopic (exact) mass is 432 g/mol. The smallest absolute Gasteiger partial charge is 0.134 e. The molecule has 2 aromatic rings. The molecular formula is C19H25BrN6O. The van der Waals surface area contributed by atoms with E-state index in [1.807, 2.05) is 13.1 Å². The molecule has 2 aromatic heterocycles. The molecule has 2 fully saturated rings. The molecule has 0 radical (unpaired) electrons. The number of halogens is 1. The van der Waals surface area contributed by atoms with Crippen LogP contribution in [-0.4, -0.2) is 67.4 Å². The van der Waals surface area contributed by atoms with Crippen LogP contribution in [0.2, 0.25) is 0 Å². The molecule has 4 rings (SSSR count). The molecule has 7 nitrogen and oxygen atoms in total. The first-order valence-electron chi connectivity index (χ1n) is 9.40. The highest BCUT2D eigenvalue weighted by atomic mass is 79.9. The highest BCUT2D eigenvalue weighted by Gasteiger charge is 2.22. The maximum atomic E-state index is 5.46. The number of hydrogen-bond acceptors (Lipinski definition) is 7. The first kappa shape index (κ1) is 18.4. The van der Waals surface area contributed by atoms with Crippen molar-refractivity contribution < 1.29 is 4.74 Å². The zero-order chi connectivity index (χ0) is 18.8. The molecule has 0 amide bonds. The van der Waals surface area contributed by atoms with Crippen LogP contribution in [0.3, 0.4) is 0 Å². The molecule has 2 aliphatic rings. The van der Waals surface area contributed by atoms with Crippen LogP contribution in [0.4, 0.5) is 17.5 Å². The number of ether oxygens (including phenoxy) is 1. The number of rotatable bonds is 3. The minimum absolute atomic E-state index is 0.761. The lowest BCUT2D eigenvalue weighted by molar-refractivity contribution is 0.122. The number of aryl methyl sites for hydroxylation is 2. The molecule has 0 aromatic carbocycles. The minimum atomic E-state index is 0.761. The number of nitrogens with zero attached hydrogens (tertiary/aromatic N) is 6. The fourth-order valence-corrected chi connectivity index (χ4v) is 4.11. The van der Waals surface area contributed by atoms with Gasteiger partial charge in [-0.15, -0.1) is 0 Å². The quantitative estimate of drug-likeness (QED) is 0.737. The van der Waals surface area contributed by atoms with Gasteiger partial charge in [-0.05, 0) is 41.4 Å². The summed E-state index contributed by atoms with van der Waals surface area (Å²) in [6.45, 7) is 11.1. The summed E-state index contributed by atoms with van der Waals surface area (Å²) in [5.74, 6) is 3.92. The molecule has 2 aliphatic heterocycles. The van der Waals surface area contributed by atoms with Crippen LogP contribution in [0.15, 0.2) is 22.8 Å². The van der Waals surface area contributed by atoms with Crippen LogP contribution in [-0.2, 0) is 4.74 Å². The van der Waals surface area contributed by atoms with Crippen molar-refractivity contribution in [1.82, 2.24) is 15.0 Å². The molecular weight excluding hydrogens is 408 g/mol. The lowest BCUT2D eigenvalue weighted by Gasteiger charge is -2.37. The standard InChI is InChI=1S/C19H25BrN6O/c1-14-11-16(20)13-21-19(14)26-5-3-24(4-6-26)17-12-18(23-15(2)22-17)25-7-9-27-10-8-25/h11-13H,3-10H2,1-2H3. The Hall–Kier alpha value is -1.93. The van der Waals surface area contributed by atoms with Crippen LogP contribution in [0, 0.1) is 13.8 Å². The maximum absolute atomic E-state index is 5.46. The van der Waals surface area contributed by atoms with E-state index >= 15 is 0 Å². The average molecular weight is 433 g/mol. The van der Waals surface area contributed by atoms with Crippen molar-refractivity contribution in [3.8, 4) is 0 Å². The third-order valence-electron chi connectivity index (χ3n) is 5.07. The summed E-state index contributed by atoms with van der Waals surface area (Å²) in [6, 6.07) is 4.24. The van der Waals surface area contributed by atoms with Crippen molar-refractivity contribution in [3.63, 3.8) is 0 Å². The van der Waals surface area contributed by atoms with Gasteiger partial charge in [-0.2, -0.15) is 0 Å².